The van der Waals surface area contributed by atoms with E-state index < -0.39 is 40.9 Å². The maximum atomic E-state index is 13.7. The lowest BCUT2D eigenvalue weighted by atomic mass is 9.86. The van der Waals surface area contributed by atoms with E-state index in [-0.39, 0.29) is 48.4 Å². The molecule has 262 valence electrons. The predicted molar refractivity (Wildman–Crippen MR) is 182 cm³/mol. The summed E-state index contributed by atoms with van der Waals surface area (Å²) in [7, 11) is 1.55. The van der Waals surface area contributed by atoms with Crippen molar-refractivity contribution in [3.63, 3.8) is 0 Å². The molecule has 0 saturated heterocycles. The molecule has 1 N–H and O–H groups in total. The van der Waals surface area contributed by atoms with Gasteiger partial charge >= 0.3 is 18.0 Å². The number of rotatable bonds is 8. The van der Waals surface area contributed by atoms with Crippen LogP contribution in [-0.2, 0) is 49.0 Å². The van der Waals surface area contributed by atoms with Gasteiger partial charge in [0, 0.05) is 23.6 Å². The molecule has 0 aliphatic carbocycles. The van der Waals surface area contributed by atoms with Crippen LogP contribution in [0.5, 0.6) is 5.75 Å². The van der Waals surface area contributed by atoms with Crippen molar-refractivity contribution in [3.05, 3.63) is 69.0 Å². The molecule has 0 spiro atoms. The van der Waals surface area contributed by atoms with Crippen molar-refractivity contribution >= 4 is 28.9 Å². The minimum Gasteiger partial charge on any atom is -0.484 e. The Hall–Kier alpha value is -4.71. The number of aliphatic hydroxyl groups is 1. The molecule has 0 saturated carbocycles. The minimum absolute atomic E-state index is 0.0292. The van der Waals surface area contributed by atoms with Crippen LogP contribution in [0.3, 0.4) is 0 Å². The van der Waals surface area contributed by atoms with Crippen LogP contribution in [0.2, 0.25) is 0 Å². The molecule has 5 rings (SSSR count). The van der Waals surface area contributed by atoms with Gasteiger partial charge in [-0.2, -0.15) is 0 Å². The Labute approximate surface area is 285 Å². The summed E-state index contributed by atoms with van der Waals surface area (Å²) in [5.41, 5.74) is 0.344. The molecule has 12 nitrogen and oxygen atoms in total. The molecule has 0 fully saturated rings. The molecule has 49 heavy (non-hydrogen) atoms. The van der Waals surface area contributed by atoms with Gasteiger partial charge in [-0.3, -0.25) is 4.79 Å². The molecule has 2 aromatic heterocycles. The number of carbonyl (C=O) groups is 3. The van der Waals surface area contributed by atoms with Gasteiger partial charge in [0.1, 0.15) is 29.7 Å². The molecule has 0 radical (unpaired) electrons. The molecule has 2 aliphatic rings. The van der Waals surface area contributed by atoms with E-state index >= 15 is 0 Å². The number of hydrogen-bond acceptors (Lipinski definition) is 10. The standard InChI is InChI=1S/C37H45N3O9/c1-11-22-23-15-21(47-29(20(3)32(42)48-35(4,5)6)18-39(10)34(44)49-36(7,8)9)13-14-27(23)38-30-24(22)17-40-28(30)16-26-25(31(40)41)19-46-33(43)37(26,45)12-2/h13-16,29,45H,3,11-12,17-19H2,1-2,4-10H3/t29?,37-/m0/s1. The summed E-state index contributed by atoms with van der Waals surface area (Å²) in [5, 5.41) is 12.0. The summed E-state index contributed by atoms with van der Waals surface area (Å²) < 4.78 is 24.3. The Bertz CT molecular complexity index is 1930. The van der Waals surface area contributed by atoms with Crippen molar-refractivity contribution in [2.75, 3.05) is 13.6 Å². The predicted octanol–water partition coefficient (Wildman–Crippen LogP) is 5.15. The number of likely N-dealkylation sites (N-methyl/N-ethyl adjacent to an activating group) is 1. The Morgan fingerprint density at radius 2 is 1.76 bits per heavy atom. The van der Waals surface area contributed by atoms with E-state index in [1.54, 1.807) is 78.3 Å². The Morgan fingerprint density at radius 1 is 1.08 bits per heavy atom. The normalized spacial score (nSPS) is 17.4. The second-order valence-electron chi connectivity index (χ2n) is 14.5. The monoisotopic (exact) mass is 675 g/mol. The van der Waals surface area contributed by atoms with Crippen LogP contribution in [0.15, 0.2) is 41.2 Å². The minimum atomic E-state index is -1.92. The fourth-order valence-corrected chi connectivity index (χ4v) is 6.14. The summed E-state index contributed by atoms with van der Waals surface area (Å²) in [6.45, 7) is 18.2. The van der Waals surface area contributed by atoms with Crippen LogP contribution in [0.4, 0.5) is 4.79 Å². The number of aromatic nitrogens is 2. The fourth-order valence-electron chi connectivity index (χ4n) is 6.14. The third-order valence-electron chi connectivity index (χ3n) is 8.60. The molecule has 3 aromatic rings. The summed E-state index contributed by atoms with van der Waals surface area (Å²) >= 11 is 0. The summed E-state index contributed by atoms with van der Waals surface area (Å²) in [4.78, 5) is 58.5. The van der Waals surface area contributed by atoms with Crippen molar-refractivity contribution < 1.29 is 38.4 Å². The lowest BCUT2D eigenvalue weighted by Crippen LogP contribution is -2.44. The zero-order valence-corrected chi connectivity index (χ0v) is 29.7. The number of carbonyl (C=O) groups excluding carboxylic acids is 3. The highest BCUT2D eigenvalue weighted by Crippen LogP contribution is 2.41. The van der Waals surface area contributed by atoms with Crippen molar-refractivity contribution in [1.29, 1.82) is 0 Å². The van der Waals surface area contributed by atoms with Gasteiger partial charge in [0.2, 0.25) is 0 Å². The lowest BCUT2D eigenvalue weighted by Gasteiger charge is -2.31. The molecule has 1 unspecified atom stereocenters. The van der Waals surface area contributed by atoms with Crippen LogP contribution < -0.4 is 10.3 Å². The number of pyridine rings is 2. The second kappa shape index (κ2) is 12.6. The van der Waals surface area contributed by atoms with Crippen molar-refractivity contribution in [1.82, 2.24) is 14.5 Å². The summed E-state index contributed by atoms with van der Waals surface area (Å²) in [5.74, 6) is -1.02. The zero-order valence-electron chi connectivity index (χ0n) is 29.7. The van der Waals surface area contributed by atoms with E-state index in [1.807, 2.05) is 13.0 Å². The summed E-state index contributed by atoms with van der Waals surface area (Å²) in [6, 6.07) is 7.01. The number of aryl methyl sites for hydroxylation is 1. The quantitative estimate of drug-likeness (QED) is 0.151. The molecule has 12 heteroatoms. The smallest absolute Gasteiger partial charge is 0.410 e. The van der Waals surface area contributed by atoms with E-state index in [0.29, 0.717) is 29.1 Å². The average Bonchev–Trinajstić information content (AvgIpc) is 3.38. The SMILES string of the molecule is C=C(C(=O)OC(C)(C)C)C(CN(C)C(=O)OC(C)(C)C)Oc1ccc2nc3c(c(CC)c2c1)Cn1c-3cc2c(c1=O)COC(=O)[C@]2(O)CC. The first-order chi connectivity index (χ1) is 22.8. The first kappa shape index (κ1) is 35.6. The topological polar surface area (TPSA) is 146 Å². The highest BCUT2D eigenvalue weighted by atomic mass is 16.6. The van der Waals surface area contributed by atoms with E-state index in [1.165, 1.54) is 4.90 Å². The van der Waals surface area contributed by atoms with E-state index in [2.05, 4.69) is 6.58 Å². The van der Waals surface area contributed by atoms with E-state index in [9.17, 15) is 24.3 Å². The van der Waals surface area contributed by atoms with Crippen LogP contribution >= 0.6 is 0 Å². The molecule has 1 amide bonds. The van der Waals surface area contributed by atoms with Crippen molar-refractivity contribution in [3.8, 4) is 17.1 Å². The maximum Gasteiger partial charge on any atom is 0.410 e. The largest absolute Gasteiger partial charge is 0.484 e. The Balaban J connectivity index is 1.54. The molecule has 1 aromatic carbocycles. The number of cyclic esters (lactones) is 1. The third kappa shape index (κ3) is 6.79. The van der Waals surface area contributed by atoms with Gasteiger partial charge in [-0.15, -0.1) is 0 Å². The first-order valence-electron chi connectivity index (χ1n) is 16.4. The molecular weight excluding hydrogens is 630 g/mol. The number of esters is 2. The van der Waals surface area contributed by atoms with E-state index in [0.717, 1.165) is 16.5 Å². The van der Waals surface area contributed by atoms with Gasteiger partial charge in [-0.1, -0.05) is 20.4 Å². The highest BCUT2D eigenvalue weighted by Gasteiger charge is 2.45. The Kier molecular flexibility index (Phi) is 9.18. The van der Waals surface area contributed by atoms with Crippen LogP contribution in [0.25, 0.3) is 22.3 Å². The van der Waals surface area contributed by atoms with Crippen LogP contribution in [0.1, 0.15) is 84.1 Å². The molecule has 4 heterocycles. The molecular formula is C37H45N3O9. The number of amides is 1. The number of nitrogens with zero attached hydrogens (tertiary/aromatic N) is 3. The Morgan fingerprint density at radius 3 is 2.37 bits per heavy atom. The molecule has 0 bridgehead atoms. The van der Waals surface area contributed by atoms with Gasteiger partial charge in [0.15, 0.2) is 5.60 Å². The molecule has 2 atom stereocenters. The van der Waals surface area contributed by atoms with Crippen LogP contribution in [-0.4, -0.2) is 68.5 Å². The number of benzene rings is 1. The average molecular weight is 676 g/mol. The highest BCUT2D eigenvalue weighted by molar-refractivity contribution is 5.91. The second-order valence-corrected chi connectivity index (χ2v) is 14.5. The number of fused-ring (bicyclic) bond motifs is 5. The van der Waals surface area contributed by atoms with Gasteiger partial charge < -0.3 is 33.5 Å². The number of ether oxygens (including phenoxy) is 4. The fraction of sp³-hybridized carbons (Fsp3) is 0.486. The summed E-state index contributed by atoms with van der Waals surface area (Å²) in [6.07, 6.45) is -0.913. The zero-order chi connectivity index (χ0) is 36.2. The maximum absolute atomic E-state index is 13.7. The van der Waals surface area contributed by atoms with Gasteiger partial charge in [-0.25, -0.2) is 19.4 Å². The lowest BCUT2D eigenvalue weighted by molar-refractivity contribution is -0.172. The molecule has 2 aliphatic heterocycles. The first-order valence-corrected chi connectivity index (χ1v) is 16.4. The van der Waals surface area contributed by atoms with Crippen molar-refractivity contribution in [2.45, 2.75) is 104 Å². The van der Waals surface area contributed by atoms with Crippen molar-refractivity contribution in [2.24, 2.45) is 0 Å². The third-order valence-corrected chi connectivity index (χ3v) is 8.60. The van der Waals surface area contributed by atoms with Gasteiger partial charge in [0.05, 0.1) is 41.1 Å². The van der Waals surface area contributed by atoms with Crippen LogP contribution in [0, 0.1) is 0 Å². The van der Waals surface area contributed by atoms with Gasteiger partial charge in [0.25, 0.3) is 5.56 Å². The number of hydrogen-bond donors (Lipinski definition) is 1. The van der Waals surface area contributed by atoms with E-state index in [4.69, 9.17) is 23.9 Å². The van der Waals surface area contributed by atoms with Gasteiger partial charge in [-0.05, 0) is 84.2 Å².